The molecule has 31 heavy (non-hydrogen) atoms. The van der Waals surface area contributed by atoms with E-state index >= 15 is 0 Å². The van der Waals surface area contributed by atoms with E-state index in [4.69, 9.17) is 11.6 Å². The van der Waals surface area contributed by atoms with Crippen molar-refractivity contribution in [3.05, 3.63) is 106 Å². The second-order valence-corrected chi connectivity index (χ2v) is 8.55. The Kier molecular flexibility index (Phi) is 7.00. The van der Waals surface area contributed by atoms with Crippen molar-refractivity contribution in [3.8, 4) is 0 Å². The van der Waals surface area contributed by atoms with Gasteiger partial charge in [0.25, 0.3) is 5.91 Å². The topological polar surface area (TPSA) is 32.3 Å². The number of hydrogen-bond acceptors (Lipinski definition) is 2. The fourth-order valence-corrected chi connectivity index (χ4v) is 4.24. The number of carbonyl (C=O) groups excluding carboxylic acids is 1. The van der Waals surface area contributed by atoms with E-state index in [2.05, 4.69) is 40.5 Å². The molecular formula is C26H26ClFN2O. The summed E-state index contributed by atoms with van der Waals surface area (Å²) in [4.78, 5) is 14.8. The van der Waals surface area contributed by atoms with Gasteiger partial charge >= 0.3 is 0 Å². The van der Waals surface area contributed by atoms with Crippen molar-refractivity contribution < 1.29 is 9.18 Å². The summed E-state index contributed by atoms with van der Waals surface area (Å²) in [5.41, 5.74) is 4.17. The van der Waals surface area contributed by atoms with Crippen LogP contribution in [0.2, 0.25) is 5.02 Å². The smallest absolute Gasteiger partial charge is 0.251 e. The lowest BCUT2D eigenvalue weighted by Gasteiger charge is -2.32. The second kappa shape index (κ2) is 10.1. The lowest BCUT2D eigenvalue weighted by molar-refractivity contribution is 0.0951. The maximum atomic E-state index is 13.0. The van der Waals surface area contributed by atoms with Crippen molar-refractivity contribution in [1.82, 2.24) is 10.2 Å². The van der Waals surface area contributed by atoms with E-state index in [1.165, 1.54) is 35.4 Å². The molecule has 3 aromatic carbocycles. The fraction of sp³-hybridized carbons (Fsp3) is 0.269. The highest BCUT2D eigenvalue weighted by molar-refractivity contribution is 6.30. The van der Waals surface area contributed by atoms with Gasteiger partial charge in [-0.05, 0) is 84.9 Å². The third-order valence-corrected chi connectivity index (χ3v) is 6.14. The van der Waals surface area contributed by atoms with Gasteiger partial charge in [0, 0.05) is 23.7 Å². The molecule has 0 spiro atoms. The van der Waals surface area contributed by atoms with Crippen LogP contribution in [-0.4, -0.2) is 23.9 Å². The van der Waals surface area contributed by atoms with Crippen LogP contribution in [0.5, 0.6) is 0 Å². The van der Waals surface area contributed by atoms with Gasteiger partial charge in [0.2, 0.25) is 0 Å². The summed E-state index contributed by atoms with van der Waals surface area (Å²) in [5.74, 6) is -0.00130. The van der Waals surface area contributed by atoms with Gasteiger partial charge in [-0.25, -0.2) is 4.39 Å². The molecule has 1 saturated heterocycles. The Morgan fingerprint density at radius 1 is 0.968 bits per heavy atom. The predicted octanol–water partition coefficient (Wildman–Crippen LogP) is 5.79. The molecule has 1 N–H and O–H groups in total. The van der Waals surface area contributed by atoms with Crippen molar-refractivity contribution in [2.45, 2.75) is 31.8 Å². The molecule has 4 rings (SSSR count). The van der Waals surface area contributed by atoms with Crippen molar-refractivity contribution in [2.24, 2.45) is 0 Å². The van der Waals surface area contributed by atoms with Crippen LogP contribution < -0.4 is 5.32 Å². The zero-order valence-electron chi connectivity index (χ0n) is 17.4. The minimum absolute atomic E-state index is 0.194. The molecule has 0 bridgehead atoms. The fourth-order valence-electron chi connectivity index (χ4n) is 4.12. The van der Waals surface area contributed by atoms with Crippen LogP contribution in [0.15, 0.2) is 72.8 Å². The number of rotatable bonds is 6. The van der Waals surface area contributed by atoms with Gasteiger partial charge in [-0.1, -0.05) is 48.0 Å². The van der Waals surface area contributed by atoms with Crippen LogP contribution in [-0.2, 0) is 13.1 Å². The monoisotopic (exact) mass is 436 g/mol. The summed E-state index contributed by atoms with van der Waals surface area (Å²) in [7, 11) is 0. The molecule has 0 radical (unpaired) electrons. The number of amides is 1. The minimum atomic E-state index is -0.344. The quantitative estimate of drug-likeness (QED) is 0.530. The van der Waals surface area contributed by atoms with Gasteiger partial charge in [-0.15, -0.1) is 0 Å². The number of nitrogens with zero attached hydrogens (tertiary/aromatic N) is 1. The molecule has 5 heteroatoms. The molecule has 1 aliphatic rings. The standard InChI is InChI=1S/C26H26ClFN2O/c27-24-8-4-19(5-9-24)18-30-14-12-21(13-15-30)23-3-1-2-20(16-23)17-29-26(31)22-6-10-25(28)11-7-22/h1-11,16,21H,12-15,17-18H2,(H,29,31). The highest BCUT2D eigenvalue weighted by Crippen LogP contribution is 2.29. The van der Waals surface area contributed by atoms with Gasteiger partial charge in [0.05, 0.1) is 0 Å². The largest absolute Gasteiger partial charge is 0.348 e. The van der Waals surface area contributed by atoms with E-state index in [-0.39, 0.29) is 11.7 Å². The molecule has 3 nitrogen and oxygen atoms in total. The van der Waals surface area contributed by atoms with Crippen LogP contribution in [0, 0.1) is 5.82 Å². The molecular weight excluding hydrogens is 411 g/mol. The van der Waals surface area contributed by atoms with Crippen LogP contribution in [0.1, 0.15) is 45.8 Å². The van der Waals surface area contributed by atoms with Crippen molar-refractivity contribution >= 4 is 17.5 Å². The van der Waals surface area contributed by atoms with E-state index in [9.17, 15) is 9.18 Å². The lowest BCUT2D eigenvalue weighted by Crippen LogP contribution is -2.32. The molecule has 0 aromatic heterocycles. The van der Waals surface area contributed by atoms with E-state index in [0.717, 1.165) is 43.1 Å². The number of piperidine rings is 1. The Labute approximate surface area is 187 Å². The minimum Gasteiger partial charge on any atom is -0.348 e. The third kappa shape index (κ3) is 5.93. The molecule has 3 aromatic rings. The first kappa shape index (κ1) is 21.5. The average Bonchev–Trinajstić information content (AvgIpc) is 2.80. The van der Waals surface area contributed by atoms with Crippen LogP contribution in [0.25, 0.3) is 0 Å². The van der Waals surface area contributed by atoms with Gasteiger partial charge in [-0.2, -0.15) is 0 Å². The van der Waals surface area contributed by atoms with E-state index < -0.39 is 0 Å². The maximum absolute atomic E-state index is 13.0. The first-order chi connectivity index (χ1) is 15.1. The average molecular weight is 437 g/mol. The van der Waals surface area contributed by atoms with Gasteiger partial charge in [0.1, 0.15) is 5.82 Å². The van der Waals surface area contributed by atoms with Gasteiger partial charge in [0.15, 0.2) is 0 Å². The maximum Gasteiger partial charge on any atom is 0.251 e. The summed E-state index contributed by atoms with van der Waals surface area (Å²) < 4.78 is 13.0. The van der Waals surface area contributed by atoms with Crippen molar-refractivity contribution in [3.63, 3.8) is 0 Å². The van der Waals surface area contributed by atoms with Crippen LogP contribution >= 0.6 is 11.6 Å². The normalized spacial score (nSPS) is 15.0. The summed E-state index contributed by atoms with van der Waals surface area (Å²) in [5, 5.41) is 3.70. The molecule has 0 unspecified atom stereocenters. The Morgan fingerprint density at radius 3 is 2.39 bits per heavy atom. The Bertz CT molecular complexity index is 1010. The molecule has 1 aliphatic heterocycles. The Morgan fingerprint density at radius 2 is 1.68 bits per heavy atom. The molecule has 1 amide bonds. The number of carbonyl (C=O) groups is 1. The molecule has 160 valence electrons. The summed E-state index contributed by atoms with van der Waals surface area (Å²) >= 11 is 5.98. The Hall–Kier alpha value is -2.69. The summed E-state index contributed by atoms with van der Waals surface area (Å²) in [6.45, 7) is 3.55. The van der Waals surface area contributed by atoms with Crippen molar-refractivity contribution in [2.75, 3.05) is 13.1 Å². The zero-order chi connectivity index (χ0) is 21.6. The number of nitrogens with one attached hydrogen (secondary N) is 1. The molecule has 1 heterocycles. The third-order valence-electron chi connectivity index (χ3n) is 5.89. The summed E-state index contributed by atoms with van der Waals surface area (Å²) in [6, 6.07) is 22.2. The van der Waals surface area contributed by atoms with E-state index in [1.807, 2.05) is 18.2 Å². The van der Waals surface area contributed by atoms with Crippen LogP contribution in [0.3, 0.4) is 0 Å². The molecule has 0 aliphatic carbocycles. The second-order valence-electron chi connectivity index (χ2n) is 8.11. The number of benzene rings is 3. The zero-order valence-corrected chi connectivity index (χ0v) is 18.1. The van der Waals surface area contributed by atoms with E-state index in [0.29, 0.717) is 18.0 Å². The first-order valence-corrected chi connectivity index (χ1v) is 11.0. The first-order valence-electron chi connectivity index (χ1n) is 10.7. The molecule has 0 saturated carbocycles. The lowest BCUT2D eigenvalue weighted by atomic mass is 9.88. The predicted molar refractivity (Wildman–Crippen MR) is 123 cm³/mol. The SMILES string of the molecule is O=C(NCc1cccc(C2CCN(Cc3ccc(Cl)cc3)CC2)c1)c1ccc(F)cc1. The summed E-state index contributed by atoms with van der Waals surface area (Å²) in [6.07, 6.45) is 2.25. The van der Waals surface area contributed by atoms with Gasteiger partial charge < -0.3 is 5.32 Å². The Balaban J connectivity index is 1.29. The molecule has 1 fully saturated rings. The number of likely N-dealkylation sites (tertiary alicyclic amines) is 1. The molecule has 0 atom stereocenters. The number of halogens is 2. The number of hydrogen-bond donors (Lipinski definition) is 1. The van der Waals surface area contributed by atoms with E-state index in [1.54, 1.807) is 0 Å². The van der Waals surface area contributed by atoms with Crippen LogP contribution in [0.4, 0.5) is 4.39 Å². The highest BCUT2D eigenvalue weighted by Gasteiger charge is 2.21. The highest BCUT2D eigenvalue weighted by atomic mass is 35.5. The van der Waals surface area contributed by atoms with Gasteiger partial charge in [-0.3, -0.25) is 9.69 Å². The van der Waals surface area contributed by atoms with Crippen molar-refractivity contribution in [1.29, 1.82) is 0 Å².